The average molecular weight is 175 g/mol. The van der Waals surface area contributed by atoms with Crippen molar-refractivity contribution in [3.8, 4) is 0 Å². The van der Waals surface area contributed by atoms with Gasteiger partial charge >= 0.3 is 0 Å². The zero-order valence-electron chi connectivity index (χ0n) is 7.60. The smallest absolute Gasteiger partial charge is 0.172 e. The molecule has 1 aromatic carbocycles. The van der Waals surface area contributed by atoms with E-state index in [2.05, 4.69) is 0 Å². The van der Waals surface area contributed by atoms with Crippen molar-refractivity contribution in [1.82, 2.24) is 0 Å². The molecule has 68 valence electrons. The number of ketones is 1. The molecule has 1 rings (SSSR count). The van der Waals surface area contributed by atoms with Gasteiger partial charge in [0.2, 0.25) is 0 Å². The third kappa shape index (κ3) is 3.22. The lowest BCUT2D eigenvalue weighted by molar-refractivity contribution is -0.115. The lowest BCUT2D eigenvalue weighted by atomic mass is 10.1. The lowest BCUT2D eigenvalue weighted by Gasteiger charge is -1.96. The topological polar surface area (TPSA) is 43.1 Å². The van der Waals surface area contributed by atoms with Gasteiger partial charge in [0.25, 0.3) is 0 Å². The molecule has 0 saturated heterocycles. The average Bonchev–Trinajstić information content (AvgIpc) is 2.15. The second-order valence-electron chi connectivity index (χ2n) is 2.94. The largest absolute Gasteiger partial charge is 0.321 e. The minimum Gasteiger partial charge on any atom is -0.321 e. The first-order chi connectivity index (χ1) is 6.20. The number of carbonyl (C=O) groups excluding carboxylic acids is 1. The number of rotatable bonds is 3. The van der Waals surface area contributed by atoms with E-state index in [1.807, 2.05) is 30.3 Å². The van der Waals surface area contributed by atoms with Crippen LogP contribution in [0.3, 0.4) is 0 Å². The van der Waals surface area contributed by atoms with Crippen LogP contribution in [0.5, 0.6) is 0 Å². The van der Waals surface area contributed by atoms with E-state index in [1.54, 1.807) is 13.0 Å². The zero-order valence-corrected chi connectivity index (χ0v) is 7.60. The highest BCUT2D eigenvalue weighted by Gasteiger charge is 2.00. The van der Waals surface area contributed by atoms with Crippen LogP contribution in [0.1, 0.15) is 12.5 Å². The first kappa shape index (κ1) is 9.68. The molecular formula is C11H13NO. The first-order valence-electron chi connectivity index (χ1n) is 4.22. The second-order valence-corrected chi connectivity index (χ2v) is 2.94. The van der Waals surface area contributed by atoms with Crippen LogP contribution in [-0.4, -0.2) is 11.8 Å². The van der Waals surface area contributed by atoms with E-state index in [-0.39, 0.29) is 5.78 Å². The van der Waals surface area contributed by atoms with Gasteiger partial charge in [0.1, 0.15) is 0 Å². The van der Waals surface area contributed by atoms with Crippen LogP contribution in [-0.2, 0) is 4.79 Å². The summed E-state index contributed by atoms with van der Waals surface area (Å²) in [5.74, 6) is -0.0520. The van der Waals surface area contributed by atoms with Gasteiger partial charge < -0.3 is 5.73 Å². The van der Waals surface area contributed by atoms with Crippen LogP contribution in [0, 0.1) is 0 Å². The molecule has 2 N–H and O–H groups in total. The van der Waals surface area contributed by atoms with Crippen molar-refractivity contribution in [2.45, 2.75) is 13.0 Å². The van der Waals surface area contributed by atoms with Gasteiger partial charge in [0.05, 0.1) is 6.04 Å². The molecule has 2 nitrogen and oxygen atoms in total. The maximum Gasteiger partial charge on any atom is 0.172 e. The van der Waals surface area contributed by atoms with Gasteiger partial charge in [-0.3, -0.25) is 4.79 Å². The standard InChI is InChI=1S/C11H13NO/c1-9(12)11(13)8-7-10-5-3-2-4-6-10/h2-9H,12H2,1H3. The van der Waals surface area contributed by atoms with E-state index in [1.165, 1.54) is 6.08 Å². The maximum atomic E-state index is 11.1. The summed E-state index contributed by atoms with van der Waals surface area (Å²) < 4.78 is 0. The quantitative estimate of drug-likeness (QED) is 0.709. The zero-order chi connectivity index (χ0) is 9.68. The molecule has 13 heavy (non-hydrogen) atoms. The summed E-state index contributed by atoms with van der Waals surface area (Å²) in [6, 6.07) is 9.24. The summed E-state index contributed by atoms with van der Waals surface area (Å²) in [5.41, 5.74) is 6.41. The van der Waals surface area contributed by atoms with Crippen molar-refractivity contribution in [2.75, 3.05) is 0 Å². The summed E-state index contributed by atoms with van der Waals surface area (Å²) in [7, 11) is 0. The Morgan fingerprint density at radius 3 is 2.54 bits per heavy atom. The van der Waals surface area contributed by atoms with Gasteiger partial charge in [-0.1, -0.05) is 36.4 Å². The molecule has 0 aliphatic heterocycles. The highest BCUT2D eigenvalue weighted by molar-refractivity contribution is 5.97. The highest BCUT2D eigenvalue weighted by Crippen LogP contribution is 2.01. The van der Waals surface area contributed by atoms with Crippen molar-refractivity contribution >= 4 is 11.9 Å². The Morgan fingerprint density at radius 1 is 1.38 bits per heavy atom. The highest BCUT2D eigenvalue weighted by atomic mass is 16.1. The minimum absolute atomic E-state index is 0.0520. The molecule has 1 atom stereocenters. The van der Waals surface area contributed by atoms with E-state index < -0.39 is 6.04 Å². The molecule has 0 aromatic heterocycles. The predicted octanol–water partition coefficient (Wildman–Crippen LogP) is 1.62. The van der Waals surface area contributed by atoms with Crippen molar-refractivity contribution in [3.05, 3.63) is 42.0 Å². The molecule has 0 fully saturated rings. The number of nitrogens with two attached hydrogens (primary N) is 1. The first-order valence-corrected chi connectivity index (χ1v) is 4.22. The minimum atomic E-state index is -0.417. The molecular weight excluding hydrogens is 162 g/mol. The summed E-state index contributed by atoms with van der Waals surface area (Å²) in [6.07, 6.45) is 3.28. The van der Waals surface area contributed by atoms with Gasteiger partial charge in [-0.25, -0.2) is 0 Å². The van der Waals surface area contributed by atoms with E-state index in [4.69, 9.17) is 5.73 Å². The van der Waals surface area contributed by atoms with Crippen molar-refractivity contribution in [1.29, 1.82) is 0 Å². The van der Waals surface area contributed by atoms with Crippen molar-refractivity contribution in [2.24, 2.45) is 5.73 Å². The Kier molecular flexibility index (Phi) is 3.41. The number of hydrogen-bond donors (Lipinski definition) is 1. The van der Waals surface area contributed by atoms with Gasteiger partial charge in [0.15, 0.2) is 5.78 Å². The molecule has 0 aliphatic rings. The lowest BCUT2D eigenvalue weighted by Crippen LogP contribution is -2.24. The summed E-state index contributed by atoms with van der Waals surface area (Å²) >= 11 is 0. The fourth-order valence-electron chi connectivity index (χ4n) is 0.894. The van der Waals surface area contributed by atoms with Gasteiger partial charge in [0, 0.05) is 0 Å². The Bertz CT molecular complexity index is 301. The normalized spacial score (nSPS) is 13.1. The number of carbonyl (C=O) groups is 1. The molecule has 0 amide bonds. The fourth-order valence-corrected chi connectivity index (χ4v) is 0.894. The second kappa shape index (κ2) is 4.58. The number of benzene rings is 1. The molecule has 1 aromatic rings. The van der Waals surface area contributed by atoms with Gasteiger partial charge in [-0.15, -0.1) is 0 Å². The van der Waals surface area contributed by atoms with E-state index in [9.17, 15) is 4.79 Å². The monoisotopic (exact) mass is 175 g/mol. The summed E-state index contributed by atoms with van der Waals surface area (Å²) in [5, 5.41) is 0. The van der Waals surface area contributed by atoms with Crippen LogP contribution >= 0.6 is 0 Å². The Labute approximate surface area is 78.1 Å². The number of hydrogen-bond acceptors (Lipinski definition) is 2. The molecule has 0 spiro atoms. The molecule has 1 unspecified atom stereocenters. The molecule has 0 bridgehead atoms. The van der Waals surface area contributed by atoms with Crippen LogP contribution in [0.4, 0.5) is 0 Å². The van der Waals surface area contributed by atoms with Crippen molar-refractivity contribution in [3.63, 3.8) is 0 Å². The Balaban J connectivity index is 2.64. The summed E-state index contributed by atoms with van der Waals surface area (Å²) in [6.45, 7) is 1.68. The maximum absolute atomic E-state index is 11.1. The SMILES string of the molecule is CC(N)C(=O)C=Cc1ccccc1. The third-order valence-corrected chi connectivity index (χ3v) is 1.69. The fraction of sp³-hybridized carbons (Fsp3) is 0.182. The van der Waals surface area contributed by atoms with Crippen LogP contribution in [0.15, 0.2) is 36.4 Å². The van der Waals surface area contributed by atoms with E-state index >= 15 is 0 Å². The molecule has 0 saturated carbocycles. The molecule has 0 aliphatic carbocycles. The van der Waals surface area contributed by atoms with Crippen molar-refractivity contribution < 1.29 is 4.79 Å². The Hall–Kier alpha value is -1.41. The van der Waals surface area contributed by atoms with E-state index in [0.29, 0.717) is 0 Å². The molecule has 0 radical (unpaired) electrons. The molecule has 0 heterocycles. The van der Waals surface area contributed by atoms with Crippen LogP contribution < -0.4 is 5.73 Å². The Morgan fingerprint density at radius 2 is 2.00 bits per heavy atom. The van der Waals surface area contributed by atoms with Gasteiger partial charge in [-0.2, -0.15) is 0 Å². The van der Waals surface area contributed by atoms with Gasteiger partial charge in [-0.05, 0) is 18.6 Å². The van der Waals surface area contributed by atoms with E-state index in [0.717, 1.165) is 5.56 Å². The van der Waals surface area contributed by atoms with Crippen LogP contribution in [0.25, 0.3) is 6.08 Å². The predicted molar refractivity (Wildman–Crippen MR) is 54.1 cm³/mol. The molecule has 2 heteroatoms. The third-order valence-electron chi connectivity index (χ3n) is 1.69. The summed E-state index contributed by atoms with van der Waals surface area (Å²) in [4.78, 5) is 11.1. The van der Waals surface area contributed by atoms with Crippen LogP contribution in [0.2, 0.25) is 0 Å².